The predicted octanol–water partition coefficient (Wildman–Crippen LogP) is 5.86. The first-order valence-corrected chi connectivity index (χ1v) is 16.6. The number of nitro groups is 1. The molecule has 2 aliphatic heterocycles. The summed E-state index contributed by atoms with van der Waals surface area (Å²) in [5.41, 5.74) is 4.88. The van der Waals surface area contributed by atoms with Crippen LogP contribution in [-0.4, -0.2) is 87.6 Å². The van der Waals surface area contributed by atoms with Crippen molar-refractivity contribution < 1.29 is 4.92 Å². The number of aromatic nitrogens is 3. The van der Waals surface area contributed by atoms with Gasteiger partial charge in [-0.05, 0) is 74.0 Å². The average Bonchev–Trinajstić information content (AvgIpc) is 3.55. The molecule has 1 unspecified atom stereocenters. The third-order valence-electron chi connectivity index (χ3n) is 9.81. The molecular weight excluding hydrogens is 748 g/mol. The Kier molecular flexibility index (Phi) is 13.5. The average molecular weight is 790 g/mol. The second-order valence-corrected chi connectivity index (χ2v) is 12.7. The highest BCUT2D eigenvalue weighted by atomic mass is 35.5. The summed E-state index contributed by atoms with van der Waals surface area (Å²) in [4.78, 5) is 30.6. The summed E-state index contributed by atoms with van der Waals surface area (Å²) in [7, 11) is 0. The second kappa shape index (κ2) is 17.2. The van der Waals surface area contributed by atoms with Gasteiger partial charge < -0.3 is 20.4 Å². The molecule has 1 fully saturated rings. The van der Waals surface area contributed by atoms with Gasteiger partial charge in [-0.2, -0.15) is 0 Å². The molecule has 3 aromatic carbocycles. The molecule has 16 heteroatoms. The van der Waals surface area contributed by atoms with E-state index in [0.29, 0.717) is 28.4 Å². The highest BCUT2D eigenvalue weighted by molar-refractivity contribution is 6.06. The van der Waals surface area contributed by atoms with Crippen molar-refractivity contribution in [3.63, 3.8) is 0 Å². The third-order valence-corrected chi connectivity index (χ3v) is 9.81. The molecule has 2 aromatic heterocycles. The van der Waals surface area contributed by atoms with Crippen LogP contribution in [0.15, 0.2) is 95.0 Å². The number of benzene rings is 3. The number of piperazine rings is 1. The highest BCUT2D eigenvalue weighted by Gasteiger charge is 2.47. The summed E-state index contributed by atoms with van der Waals surface area (Å²) in [5, 5.41) is 32.5. The van der Waals surface area contributed by atoms with Crippen LogP contribution in [0.5, 0.6) is 0 Å². The minimum Gasteiger partial charge on any atom is -0.384 e. The number of anilines is 2. The first-order valence-electron chi connectivity index (χ1n) is 16.6. The van der Waals surface area contributed by atoms with Gasteiger partial charge in [0.25, 0.3) is 0 Å². The summed E-state index contributed by atoms with van der Waals surface area (Å²) in [6, 6.07) is 19.2. The zero-order valence-electron chi connectivity index (χ0n) is 28.2. The number of allylic oxidation sites excluding steroid dienone is 2. The van der Waals surface area contributed by atoms with E-state index in [2.05, 4.69) is 36.1 Å². The molecule has 1 atom stereocenters. The fraction of sp³-hybridized carbons (Fsp3) is 0.306. The highest BCUT2D eigenvalue weighted by Crippen LogP contribution is 2.38. The molecule has 5 aromatic rings. The quantitative estimate of drug-likeness (QED) is 0.0492. The Morgan fingerprint density at radius 3 is 2.33 bits per heavy atom. The van der Waals surface area contributed by atoms with Gasteiger partial charge in [0, 0.05) is 62.1 Å². The van der Waals surface area contributed by atoms with E-state index in [-0.39, 0.29) is 60.0 Å². The number of halogens is 4. The van der Waals surface area contributed by atoms with Gasteiger partial charge >= 0.3 is 5.66 Å². The monoisotopic (exact) mass is 787 g/mol. The molecule has 1 saturated heterocycles. The summed E-state index contributed by atoms with van der Waals surface area (Å²) >= 11 is 0. The number of hydrogen-bond donors (Lipinski definition) is 3. The van der Waals surface area contributed by atoms with E-state index in [1.807, 2.05) is 72.8 Å². The van der Waals surface area contributed by atoms with Gasteiger partial charge in [-0.15, -0.1) is 54.7 Å². The van der Waals surface area contributed by atoms with E-state index in [0.717, 1.165) is 92.3 Å². The van der Waals surface area contributed by atoms with Crippen LogP contribution in [0.3, 0.4) is 0 Å². The lowest BCUT2D eigenvalue weighted by molar-refractivity contribution is -0.550. The molecule has 276 valence electrons. The summed E-state index contributed by atoms with van der Waals surface area (Å²) < 4.78 is 1.77. The maximum absolute atomic E-state index is 13.5. The van der Waals surface area contributed by atoms with Gasteiger partial charge in [0.1, 0.15) is 11.0 Å². The maximum atomic E-state index is 13.5. The largest absolute Gasteiger partial charge is 0.384 e. The van der Waals surface area contributed by atoms with Crippen LogP contribution in [0.1, 0.15) is 18.4 Å². The van der Waals surface area contributed by atoms with Crippen molar-refractivity contribution >= 4 is 94.4 Å². The van der Waals surface area contributed by atoms with Crippen LogP contribution < -0.4 is 21.4 Å². The van der Waals surface area contributed by atoms with Gasteiger partial charge in [-0.1, -0.05) is 41.6 Å². The third kappa shape index (κ3) is 7.42. The Bertz CT molecular complexity index is 2190. The van der Waals surface area contributed by atoms with Crippen molar-refractivity contribution in [2.45, 2.75) is 18.5 Å². The van der Waals surface area contributed by atoms with E-state index in [4.69, 9.17) is 0 Å². The lowest BCUT2D eigenvalue weighted by Crippen LogP contribution is -2.54. The number of pyridine rings is 1. The van der Waals surface area contributed by atoms with Crippen LogP contribution in [0, 0.1) is 10.1 Å². The lowest BCUT2D eigenvalue weighted by atomic mass is 9.87. The first kappa shape index (κ1) is 40.8. The topological polar surface area (TPSA) is 133 Å². The number of para-hydroxylation sites is 2. The van der Waals surface area contributed by atoms with Crippen molar-refractivity contribution in [2.75, 3.05) is 63.0 Å². The fourth-order valence-corrected chi connectivity index (χ4v) is 7.27. The van der Waals surface area contributed by atoms with Gasteiger partial charge in [0.15, 0.2) is 5.43 Å². The van der Waals surface area contributed by atoms with Gasteiger partial charge in [0.2, 0.25) is 0 Å². The maximum Gasteiger partial charge on any atom is 0.322 e. The molecule has 3 aliphatic rings. The van der Waals surface area contributed by atoms with E-state index < -0.39 is 5.66 Å². The Labute approximate surface area is 325 Å². The Hall–Kier alpha value is -4.01. The van der Waals surface area contributed by atoms with Gasteiger partial charge in [-0.3, -0.25) is 14.9 Å². The Morgan fingerprint density at radius 2 is 1.58 bits per heavy atom. The zero-order chi connectivity index (χ0) is 32.7. The minimum atomic E-state index is -1.46. The van der Waals surface area contributed by atoms with Crippen molar-refractivity contribution in [2.24, 2.45) is 0 Å². The Balaban J connectivity index is 0.00000151. The van der Waals surface area contributed by atoms with E-state index in [1.54, 1.807) is 16.7 Å². The van der Waals surface area contributed by atoms with Crippen LogP contribution >= 0.6 is 49.6 Å². The molecule has 12 nitrogen and oxygen atoms in total. The first-order chi connectivity index (χ1) is 23.5. The molecule has 0 saturated carbocycles. The summed E-state index contributed by atoms with van der Waals surface area (Å²) in [6.45, 7) is 7.05. The fourth-order valence-electron chi connectivity index (χ4n) is 7.27. The number of rotatable bonds is 11. The molecule has 3 N–H and O–H groups in total. The SMILES string of the molecule is Cl.Cl.Cl.Cl.O=c1c2ccccc2n2nnc3ccc(NCCCN4CCN(CCCNC5([N+](=O)[O-])C=CC=C6Nc7ccccc7C=C65)CC4)c1c32. The van der Waals surface area contributed by atoms with E-state index >= 15 is 0 Å². The Morgan fingerprint density at radius 1 is 0.885 bits per heavy atom. The second-order valence-electron chi connectivity index (χ2n) is 12.7. The van der Waals surface area contributed by atoms with Crippen molar-refractivity contribution in [3.8, 4) is 0 Å². The van der Waals surface area contributed by atoms with Gasteiger partial charge in [-0.25, -0.2) is 9.83 Å². The summed E-state index contributed by atoms with van der Waals surface area (Å²) in [6.07, 6.45) is 9.00. The van der Waals surface area contributed by atoms with Crippen molar-refractivity contribution in [1.29, 1.82) is 0 Å². The van der Waals surface area contributed by atoms with Crippen LogP contribution in [0.4, 0.5) is 11.4 Å². The van der Waals surface area contributed by atoms with E-state index in [1.165, 1.54) is 0 Å². The van der Waals surface area contributed by atoms with Gasteiger partial charge in [0.05, 0.1) is 27.1 Å². The smallest absolute Gasteiger partial charge is 0.322 e. The number of fused-ring (bicyclic) bond motifs is 4. The molecule has 0 spiro atoms. The summed E-state index contributed by atoms with van der Waals surface area (Å²) in [5.74, 6) is 0. The molecule has 4 heterocycles. The van der Waals surface area contributed by atoms with E-state index in [9.17, 15) is 14.9 Å². The molecule has 0 amide bonds. The molecule has 8 rings (SSSR count). The molecule has 0 radical (unpaired) electrons. The normalized spacial score (nSPS) is 18.1. The molecule has 0 bridgehead atoms. The number of hydrogen-bond acceptors (Lipinski definition) is 10. The lowest BCUT2D eigenvalue weighted by Gasteiger charge is -2.35. The number of nitrogens with zero attached hydrogens (tertiary/aromatic N) is 6. The van der Waals surface area contributed by atoms with Crippen molar-refractivity contribution in [3.05, 3.63) is 116 Å². The standard InChI is InChI=1S/C36H37N9O3.4ClH/c46-35-26-9-2-4-12-32(26)44-34-31(40-41-44)14-13-30(33(34)35)37-16-6-18-42-20-22-43(23-21-42)19-7-17-38-36(45(47)48)15-5-11-29-27(36)24-25-8-1-3-10-28(25)39-29;;;;/h1-5,8-15,24,37-39H,6-7,16-23H2;4*1H. The molecular formula is C36H41Cl4N9O3. The predicted molar refractivity (Wildman–Crippen MR) is 218 cm³/mol. The van der Waals surface area contributed by atoms with Crippen molar-refractivity contribution in [1.82, 2.24) is 29.9 Å². The van der Waals surface area contributed by atoms with Crippen LogP contribution in [-0.2, 0) is 0 Å². The minimum absolute atomic E-state index is 0. The van der Waals surface area contributed by atoms with Crippen LogP contribution in [0.2, 0.25) is 0 Å². The number of nitrogens with one attached hydrogen (secondary N) is 3. The van der Waals surface area contributed by atoms with Crippen LogP contribution in [0.25, 0.3) is 33.4 Å². The zero-order valence-corrected chi connectivity index (χ0v) is 31.5. The molecule has 52 heavy (non-hydrogen) atoms. The molecule has 1 aliphatic carbocycles.